The first-order chi connectivity index (χ1) is 17.0. The average Bonchev–Trinajstić information content (AvgIpc) is 3.57. The van der Waals surface area contributed by atoms with Crippen molar-refractivity contribution in [3.63, 3.8) is 0 Å². The van der Waals surface area contributed by atoms with Crippen molar-refractivity contribution in [2.24, 2.45) is 0 Å². The molecule has 1 aliphatic carbocycles. The number of benzene rings is 1. The van der Waals surface area contributed by atoms with Gasteiger partial charge >= 0.3 is 6.09 Å². The van der Waals surface area contributed by atoms with Gasteiger partial charge in [-0.25, -0.2) is 32.6 Å². The summed E-state index contributed by atoms with van der Waals surface area (Å²) >= 11 is 0. The number of ether oxygens (including phenoxy) is 1. The molecule has 2 heterocycles. The second-order valence-corrected chi connectivity index (χ2v) is 10.6. The smallest absolute Gasteiger partial charge is 0.407 e. The van der Waals surface area contributed by atoms with Gasteiger partial charge in [0.1, 0.15) is 11.5 Å². The number of carbonyl (C=O) groups excluding carboxylic acids is 1. The van der Waals surface area contributed by atoms with Gasteiger partial charge in [-0.2, -0.15) is 0 Å². The highest BCUT2D eigenvalue weighted by atomic mass is 32.2. The molecule has 1 saturated carbocycles. The van der Waals surface area contributed by atoms with Gasteiger partial charge in [0.05, 0.1) is 30.4 Å². The van der Waals surface area contributed by atoms with Crippen LogP contribution in [0.5, 0.6) is 0 Å². The fraction of sp³-hybridized carbons (Fsp3) is 0.391. The minimum absolute atomic E-state index is 0.147. The number of carbonyl (C=O) groups is 1. The van der Waals surface area contributed by atoms with Gasteiger partial charge in [0, 0.05) is 30.3 Å². The van der Waals surface area contributed by atoms with Crippen LogP contribution in [0.15, 0.2) is 24.4 Å². The number of amides is 1. The molecule has 0 aliphatic heterocycles. The molecule has 36 heavy (non-hydrogen) atoms. The number of hydrogen-bond acceptors (Lipinski definition) is 8. The number of aromatic nitrogens is 4. The van der Waals surface area contributed by atoms with Gasteiger partial charge in [0.2, 0.25) is 16.0 Å². The zero-order valence-corrected chi connectivity index (χ0v) is 21.2. The Morgan fingerprint density at radius 3 is 2.72 bits per heavy atom. The summed E-state index contributed by atoms with van der Waals surface area (Å²) in [5.41, 5.74) is 1.98. The third-order valence-corrected chi connectivity index (χ3v) is 6.07. The first kappa shape index (κ1) is 25.4. The summed E-state index contributed by atoms with van der Waals surface area (Å²) in [4.78, 5) is 28.2. The maximum Gasteiger partial charge on any atom is 0.407 e. The molecule has 0 radical (unpaired) electrons. The SMILES string of the molecule is COC(=O)NC(C)CNc1nccc(-c2[nH]c(C3CC3)nc2-c2cc(C)cc(NS(C)(=O)=O)c2F)n1. The van der Waals surface area contributed by atoms with E-state index in [-0.39, 0.29) is 23.2 Å². The van der Waals surface area contributed by atoms with Crippen molar-refractivity contribution >= 4 is 27.8 Å². The number of aryl methyl sites for hydroxylation is 1. The van der Waals surface area contributed by atoms with Crippen molar-refractivity contribution in [1.82, 2.24) is 25.3 Å². The number of hydrogen-bond donors (Lipinski definition) is 4. The van der Waals surface area contributed by atoms with Crippen LogP contribution in [-0.4, -0.2) is 60.4 Å². The predicted octanol–water partition coefficient (Wildman–Crippen LogP) is 3.39. The average molecular weight is 518 g/mol. The van der Waals surface area contributed by atoms with Crippen LogP contribution in [0.25, 0.3) is 22.6 Å². The van der Waals surface area contributed by atoms with Gasteiger partial charge in [0.15, 0.2) is 5.82 Å². The lowest BCUT2D eigenvalue weighted by molar-refractivity contribution is 0.168. The summed E-state index contributed by atoms with van der Waals surface area (Å²) in [6.07, 6.45) is 3.94. The molecule has 1 atom stereocenters. The van der Waals surface area contributed by atoms with E-state index in [1.807, 2.05) is 0 Å². The molecular formula is C23H28FN7O4S. The number of sulfonamides is 1. The standard InChI is InChI=1S/C23H28FN7O4S/c1-12-9-15(18(24)17(10-12)31-36(4,33)34)19-20(30-21(29-19)14-5-6-14)16-7-8-25-22(28-16)26-11-13(2)27-23(32)35-3/h7-10,13-14,31H,5-6,11H2,1-4H3,(H,27,32)(H,29,30)(H,25,26,28). The Kier molecular flexibility index (Phi) is 7.11. The zero-order valence-electron chi connectivity index (χ0n) is 20.3. The lowest BCUT2D eigenvalue weighted by Crippen LogP contribution is -2.37. The molecule has 2 aromatic heterocycles. The molecule has 1 aliphatic rings. The molecule has 4 N–H and O–H groups in total. The van der Waals surface area contributed by atoms with Crippen LogP contribution in [0.4, 0.5) is 20.8 Å². The minimum Gasteiger partial charge on any atom is -0.453 e. The van der Waals surface area contributed by atoms with E-state index < -0.39 is 21.9 Å². The molecule has 4 rings (SSSR count). The minimum atomic E-state index is -3.69. The predicted molar refractivity (Wildman–Crippen MR) is 134 cm³/mol. The summed E-state index contributed by atoms with van der Waals surface area (Å²) in [6, 6.07) is 4.48. The van der Waals surface area contributed by atoms with E-state index in [9.17, 15) is 13.2 Å². The second-order valence-electron chi connectivity index (χ2n) is 8.85. The molecule has 0 saturated heterocycles. The van der Waals surface area contributed by atoms with Gasteiger partial charge in [-0.15, -0.1) is 0 Å². The molecule has 11 nitrogen and oxygen atoms in total. The van der Waals surface area contributed by atoms with Crippen molar-refractivity contribution in [2.45, 2.75) is 38.6 Å². The van der Waals surface area contributed by atoms with Crippen LogP contribution in [-0.2, 0) is 14.8 Å². The van der Waals surface area contributed by atoms with Gasteiger partial charge in [-0.05, 0) is 50.5 Å². The van der Waals surface area contributed by atoms with Crippen molar-refractivity contribution in [3.8, 4) is 22.6 Å². The molecule has 1 amide bonds. The third kappa shape index (κ3) is 6.08. The van der Waals surface area contributed by atoms with E-state index in [1.165, 1.54) is 13.2 Å². The van der Waals surface area contributed by atoms with Crippen LogP contribution >= 0.6 is 0 Å². The summed E-state index contributed by atoms with van der Waals surface area (Å²) in [7, 11) is -2.40. The Morgan fingerprint density at radius 2 is 2.06 bits per heavy atom. The molecule has 1 aromatic carbocycles. The largest absolute Gasteiger partial charge is 0.453 e. The number of nitrogens with one attached hydrogen (secondary N) is 4. The number of halogens is 1. The molecule has 0 bridgehead atoms. The zero-order chi connectivity index (χ0) is 26.0. The van der Waals surface area contributed by atoms with Crippen LogP contribution < -0.4 is 15.4 Å². The van der Waals surface area contributed by atoms with E-state index >= 15 is 4.39 Å². The van der Waals surface area contributed by atoms with Gasteiger partial charge in [0.25, 0.3) is 0 Å². The maximum absolute atomic E-state index is 15.5. The number of imidazole rings is 1. The summed E-state index contributed by atoms with van der Waals surface area (Å²) in [5, 5.41) is 5.71. The highest BCUT2D eigenvalue weighted by Gasteiger charge is 2.30. The molecule has 192 valence electrons. The lowest BCUT2D eigenvalue weighted by atomic mass is 10.0. The molecule has 13 heteroatoms. The number of rotatable bonds is 9. The third-order valence-electron chi connectivity index (χ3n) is 5.48. The van der Waals surface area contributed by atoms with Crippen LogP contribution in [0, 0.1) is 12.7 Å². The fourth-order valence-corrected chi connectivity index (χ4v) is 4.22. The maximum atomic E-state index is 15.5. The fourth-order valence-electron chi connectivity index (χ4n) is 3.68. The van der Waals surface area contributed by atoms with Crippen molar-refractivity contribution < 1.29 is 22.3 Å². The normalized spacial score (nSPS) is 14.2. The quantitative estimate of drug-likeness (QED) is 0.337. The first-order valence-corrected chi connectivity index (χ1v) is 13.2. The Bertz CT molecular complexity index is 1390. The highest BCUT2D eigenvalue weighted by Crippen LogP contribution is 2.42. The molecule has 1 unspecified atom stereocenters. The first-order valence-electron chi connectivity index (χ1n) is 11.3. The van der Waals surface area contributed by atoms with E-state index in [0.29, 0.717) is 35.1 Å². The number of aromatic amines is 1. The molecule has 0 spiro atoms. The molecule has 1 fully saturated rings. The van der Waals surface area contributed by atoms with Crippen molar-refractivity contribution in [2.75, 3.05) is 29.9 Å². The van der Waals surface area contributed by atoms with E-state index in [4.69, 9.17) is 0 Å². The van der Waals surface area contributed by atoms with Crippen LogP contribution in [0.3, 0.4) is 0 Å². The molecule has 3 aromatic rings. The van der Waals surface area contributed by atoms with Gasteiger partial charge in [-0.1, -0.05) is 0 Å². The second kappa shape index (κ2) is 10.1. The number of methoxy groups -OCH3 is 1. The van der Waals surface area contributed by atoms with Crippen molar-refractivity contribution in [3.05, 3.63) is 41.6 Å². The summed E-state index contributed by atoms with van der Waals surface area (Å²) < 4.78 is 45.9. The number of alkyl carbamates (subject to hydrolysis) is 1. The topological polar surface area (TPSA) is 151 Å². The lowest BCUT2D eigenvalue weighted by Gasteiger charge is -2.14. The number of anilines is 2. The molecular weight excluding hydrogens is 489 g/mol. The van der Waals surface area contributed by atoms with Gasteiger partial charge < -0.3 is 20.4 Å². The highest BCUT2D eigenvalue weighted by molar-refractivity contribution is 7.92. The van der Waals surface area contributed by atoms with E-state index in [0.717, 1.165) is 24.9 Å². The van der Waals surface area contributed by atoms with Gasteiger partial charge in [-0.3, -0.25) is 4.72 Å². The van der Waals surface area contributed by atoms with E-state index in [1.54, 1.807) is 32.2 Å². The Balaban J connectivity index is 1.70. The number of H-pyrrole nitrogens is 1. The van der Waals surface area contributed by atoms with Crippen molar-refractivity contribution in [1.29, 1.82) is 0 Å². The summed E-state index contributed by atoms with van der Waals surface area (Å²) in [6.45, 7) is 3.89. The van der Waals surface area contributed by atoms with E-state index in [2.05, 4.69) is 40.0 Å². The Morgan fingerprint density at radius 1 is 1.31 bits per heavy atom. The Labute approximate surface area is 208 Å². The Hall–Kier alpha value is -3.74. The summed E-state index contributed by atoms with van der Waals surface area (Å²) in [5.74, 6) is 0.561. The van der Waals surface area contributed by atoms with Crippen LogP contribution in [0.2, 0.25) is 0 Å². The van der Waals surface area contributed by atoms with Crippen LogP contribution in [0.1, 0.15) is 37.1 Å². The monoisotopic (exact) mass is 517 g/mol. The number of nitrogens with zero attached hydrogens (tertiary/aromatic N) is 3.